The highest BCUT2D eigenvalue weighted by molar-refractivity contribution is 5.71. The SMILES string of the molecule is CCCCC(C)(O)CC=C(C)C=O. The van der Waals surface area contributed by atoms with Gasteiger partial charge in [-0.05, 0) is 32.3 Å². The lowest BCUT2D eigenvalue weighted by Crippen LogP contribution is -2.22. The molecule has 0 saturated heterocycles. The molecule has 2 heteroatoms. The predicted molar refractivity (Wildman–Crippen MR) is 54.6 cm³/mol. The molecule has 1 unspecified atom stereocenters. The number of hydrogen-bond donors (Lipinski definition) is 1. The van der Waals surface area contributed by atoms with E-state index in [-0.39, 0.29) is 0 Å². The Morgan fingerprint density at radius 1 is 1.54 bits per heavy atom. The summed E-state index contributed by atoms with van der Waals surface area (Å²) in [6.45, 7) is 5.67. The third-order valence-electron chi connectivity index (χ3n) is 2.12. The average Bonchev–Trinajstić information content (AvgIpc) is 2.11. The first-order chi connectivity index (χ1) is 6.02. The molecule has 0 amide bonds. The molecular formula is C11H20O2. The lowest BCUT2D eigenvalue weighted by Gasteiger charge is -2.21. The second-order valence-electron chi connectivity index (χ2n) is 3.87. The second kappa shape index (κ2) is 5.92. The minimum Gasteiger partial charge on any atom is -0.390 e. The minimum absolute atomic E-state index is 0.567. The lowest BCUT2D eigenvalue weighted by molar-refractivity contribution is -0.104. The number of aldehydes is 1. The second-order valence-corrected chi connectivity index (χ2v) is 3.87. The van der Waals surface area contributed by atoms with E-state index in [0.29, 0.717) is 12.0 Å². The van der Waals surface area contributed by atoms with Crippen LogP contribution < -0.4 is 0 Å². The third kappa shape index (κ3) is 6.52. The fourth-order valence-corrected chi connectivity index (χ4v) is 1.09. The molecule has 1 atom stereocenters. The van der Waals surface area contributed by atoms with Crippen LogP contribution in [0.25, 0.3) is 0 Å². The molecule has 2 nitrogen and oxygen atoms in total. The fraction of sp³-hybridized carbons (Fsp3) is 0.727. The normalized spacial score (nSPS) is 16.8. The number of allylic oxidation sites excluding steroid dienone is 1. The van der Waals surface area contributed by atoms with Gasteiger partial charge in [-0.25, -0.2) is 0 Å². The van der Waals surface area contributed by atoms with Crippen LogP contribution >= 0.6 is 0 Å². The van der Waals surface area contributed by atoms with E-state index in [9.17, 15) is 9.90 Å². The number of unbranched alkanes of at least 4 members (excludes halogenated alkanes) is 1. The van der Waals surface area contributed by atoms with E-state index < -0.39 is 5.60 Å². The standard InChI is InChI=1S/C11H20O2/c1-4-5-7-11(3,13)8-6-10(2)9-12/h6,9,13H,4-5,7-8H2,1-3H3. The Morgan fingerprint density at radius 3 is 2.62 bits per heavy atom. The maximum absolute atomic E-state index is 10.3. The summed E-state index contributed by atoms with van der Waals surface area (Å²) in [4.78, 5) is 10.3. The molecule has 0 heterocycles. The highest BCUT2D eigenvalue weighted by Gasteiger charge is 2.17. The molecule has 0 bridgehead atoms. The number of rotatable bonds is 6. The Morgan fingerprint density at radius 2 is 2.15 bits per heavy atom. The number of hydrogen-bond acceptors (Lipinski definition) is 2. The quantitative estimate of drug-likeness (QED) is 0.508. The van der Waals surface area contributed by atoms with E-state index in [4.69, 9.17) is 0 Å². The smallest absolute Gasteiger partial charge is 0.145 e. The van der Waals surface area contributed by atoms with Crippen LogP contribution in [0.5, 0.6) is 0 Å². The molecule has 0 aromatic carbocycles. The van der Waals surface area contributed by atoms with Gasteiger partial charge in [0.05, 0.1) is 5.60 Å². The van der Waals surface area contributed by atoms with E-state index in [2.05, 4.69) is 6.92 Å². The largest absolute Gasteiger partial charge is 0.390 e. The van der Waals surface area contributed by atoms with Gasteiger partial charge in [0.15, 0.2) is 0 Å². The van der Waals surface area contributed by atoms with Gasteiger partial charge in [0.1, 0.15) is 6.29 Å². The van der Waals surface area contributed by atoms with E-state index in [1.165, 1.54) is 0 Å². The first-order valence-corrected chi connectivity index (χ1v) is 4.86. The summed E-state index contributed by atoms with van der Waals surface area (Å²) < 4.78 is 0. The monoisotopic (exact) mass is 184 g/mol. The highest BCUT2D eigenvalue weighted by Crippen LogP contribution is 2.18. The van der Waals surface area contributed by atoms with Crippen LogP contribution in [0.4, 0.5) is 0 Å². The van der Waals surface area contributed by atoms with Crippen molar-refractivity contribution in [3.8, 4) is 0 Å². The molecule has 0 aliphatic heterocycles. The van der Waals surface area contributed by atoms with Gasteiger partial charge in [0.25, 0.3) is 0 Å². The molecule has 0 aromatic heterocycles. The zero-order valence-electron chi connectivity index (χ0n) is 8.84. The van der Waals surface area contributed by atoms with Gasteiger partial charge in [-0.3, -0.25) is 4.79 Å². The summed E-state index contributed by atoms with van der Waals surface area (Å²) in [5.74, 6) is 0. The van der Waals surface area contributed by atoms with Crippen LogP contribution in [0.15, 0.2) is 11.6 Å². The Kier molecular flexibility index (Phi) is 5.63. The highest BCUT2D eigenvalue weighted by atomic mass is 16.3. The van der Waals surface area contributed by atoms with Gasteiger partial charge in [-0.1, -0.05) is 25.8 Å². The molecule has 0 aromatic rings. The van der Waals surface area contributed by atoms with Crippen LogP contribution in [0.2, 0.25) is 0 Å². The van der Waals surface area contributed by atoms with Gasteiger partial charge in [-0.15, -0.1) is 0 Å². The van der Waals surface area contributed by atoms with Gasteiger partial charge in [0, 0.05) is 0 Å². The van der Waals surface area contributed by atoms with Crippen molar-refractivity contribution in [1.82, 2.24) is 0 Å². The molecule has 1 N–H and O–H groups in total. The van der Waals surface area contributed by atoms with Gasteiger partial charge in [0.2, 0.25) is 0 Å². The van der Waals surface area contributed by atoms with Crippen molar-refractivity contribution in [1.29, 1.82) is 0 Å². The zero-order chi connectivity index (χ0) is 10.3. The van der Waals surface area contributed by atoms with Crippen molar-refractivity contribution in [2.75, 3.05) is 0 Å². The molecule has 0 aliphatic carbocycles. The maximum atomic E-state index is 10.3. The Bertz CT molecular complexity index is 181. The molecule has 0 spiro atoms. The topological polar surface area (TPSA) is 37.3 Å². The minimum atomic E-state index is -0.652. The van der Waals surface area contributed by atoms with E-state index in [1.807, 2.05) is 6.92 Å². The molecule has 0 saturated carbocycles. The third-order valence-corrected chi connectivity index (χ3v) is 2.12. The molecule has 0 radical (unpaired) electrons. The zero-order valence-corrected chi connectivity index (χ0v) is 8.84. The van der Waals surface area contributed by atoms with Crippen molar-refractivity contribution in [2.24, 2.45) is 0 Å². The number of aliphatic hydroxyl groups is 1. The molecular weight excluding hydrogens is 164 g/mol. The first-order valence-electron chi connectivity index (χ1n) is 4.86. The molecule has 13 heavy (non-hydrogen) atoms. The number of carbonyl (C=O) groups is 1. The van der Waals surface area contributed by atoms with Crippen molar-refractivity contribution in [2.45, 2.75) is 52.1 Å². The maximum Gasteiger partial charge on any atom is 0.145 e. The molecule has 0 aliphatic rings. The van der Waals surface area contributed by atoms with E-state index in [0.717, 1.165) is 25.5 Å². The lowest BCUT2D eigenvalue weighted by atomic mass is 9.94. The van der Waals surface area contributed by atoms with Crippen LogP contribution in [0, 0.1) is 0 Å². The van der Waals surface area contributed by atoms with Crippen molar-refractivity contribution < 1.29 is 9.90 Å². The summed E-state index contributed by atoms with van der Waals surface area (Å²) in [5.41, 5.74) is 0.0390. The summed E-state index contributed by atoms with van der Waals surface area (Å²) in [6.07, 6.45) is 6.09. The van der Waals surface area contributed by atoms with Crippen LogP contribution in [-0.2, 0) is 4.79 Å². The first kappa shape index (κ1) is 12.4. The Hall–Kier alpha value is -0.630. The molecule has 76 valence electrons. The summed E-state index contributed by atoms with van der Waals surface area (Å²) >= 11 is 0. The molecule has 0 rings (SSSR count). The van der Waals surface area contributed by atoms with Crippen molar-refractivity contribution >= 4 is 6.29 Å². The van der Waals surface area contributed by atoms with E-state index >= 15 is 0 Å². The fourth-order valence-electron chi connectivity index (χ4n) is 1.09. The summed E-state index contributed by atoms with van der Waals surface area (Å²) in [7, 11) is 0. The summed E-state index contributed by atoms with van der Waals surface area (Å²) in [5, 5.41) is 9.83. The van der Waals surface area contributed by atoms with Crippen LogP contribution in [-0.4, -0.2) is 17.0 Å². The van der Waals surface area contributed by atoms with Crippen molar-refractivity contribution in [3.63, 3.8) is 0 Å². The number of carbonyl (C=O) groups excluding carboxylic acids is 1. The van der Waals surface area contributed by atoms with Gasteiger partial charge < -0.3 is 5.11 Å². The van der Waals surface area contributed by atoms with E-state index in [1.54, 1.807) is 13.0 Å². The average molecular weight is 184 g/mol. The molecule has 0 fully saturated rings. The van der Waals surface area contributed by atoms with Gasteiger partial charge >= 0.3 is 0 Å². The van der Waals surface area contributed by atoms with Crippen LogP contribution in [0.3, 0.4) is 0 Å². The summed E-state index contributed by atoms with van der Waals surface area (Å²) in [6, 6.07) is 0. The van der Waals surface area contributed by atoms with Crippen molar-refractivity contribution in [3.05, 3.63) is 11.6 Å². The Balaban J connectivity index is 3.94. The predicted octanol–water partition coefficient (Wildman–Crippen LogP) is 2.46. The Labute approximate surface area is 80.7 Å². The van der Waals surface area contributed by atoms with Gasteiger partial charge in [-0.2, -0.15) is 0 Å². The van der Waals surface area contributed by atoms with Crippen LogP contribution in [0.1, 0.15) is 46.5 Å².